The minimum absolute atomic E-state index is 0. The molecular weight excluding hydrogens is 393 g/mol. The van der Waals surface area contributed by atoms with Crippen LogP contribution in [-0.4, -0.2) is 46.9 Å². The van der Waals surface area contributed by atoms with E-state index < -0.39 is 0 Å². The van der Waals surface area contributed by atoms with Crippen molar-refractivity contribution in [2.45, 2.75) is 19.3 Å². The zero-order valence-electron chi connectivity index (χ0n) is 14.1. The molecule has 0 aliphatic rings. The summed E-state index contributed by atoms with van der Waals surface area (Å²) in [7, 11) is 5.14. The average Bonchev–Trinajstić information content (AvgIpc) is 2.50. The second-order valence-electron chi connectivity index (χ2n) is 5.46. The van der Waals surface area contributed by atoms with Gasteiger partial charge in [0.15, 0.2) is 5.96 Å². The standard InChI is InChI=1S/C16H27N3O2.HI/c1-16(2,13-7-6-8-14(11-13)21-5)12-19-15(17-3)18-9-10-20-4;/h6-8,11H,9-10,12H2,1-5H3,(H2,17,18,19);1H. The maximum absolute atomic E-state index is 5.29. The number of nitrogens with zero attached hydrogens (tertiary/aromatic N) is 1. The van der Waals surface area contributed by atoms with Gasteiger partial charge in [0, 0.05) is 32.7 Å². The molecule has 6 heteroatoms. The molecule has 1 aromatic rings. The molecule has 0 saturated carbocycles. The first-order valence-electron chi connectivity index (χ1n) is 7.11. The first-order chi connectivity index (χ1) is 10.0. The lowest BCUT2D eigenvalue weighted by Crippen LogP contribution is -2.44. The topological polar surface area (TPSA) is 54.9 Å². The quantitative estimate of drug-likeness (QED) is 0.307. The van der Waals surface area contributed by atoms with Gasteiger partial charge in [-0.15, -0.1) is 24.0 Å². The van der Waals surface area contributed by atoms with E-state index in [0.717, 1.165) is 24.8 Å². The molecule has 0 heterocycles. The van der Waals surface area contributed by atoms with Gasteiger partial charge in [0.05, 0.1) is 13.7 Å². The number of ether oxygens (including phenoxy) is 2. The van der Waals surface area contributed by atoms with Crippen molar-refractivity contribution in [2.75, 3.05) is 41.0 Å². The number of rotatable bonds is 7. The summed E-state index contributed by atoms with van der Waals surface area (Å²) in [6, 6.07) is 8.16. The van der Waals surface area contributed by atoms with Gasteiger partial charge in [-0.05, 0) is 17.7 Å². The number of hydrogen-bond donors (Lipinski definition) is 2. The van der Waals surface area contributed by atoms with E-state index in [-0.39, 0.29) is 29.4 Å². The Balaban J connectivity index is 0.00000441. The van der Waals surface area contributed by atoms with Crippen LogP contribution in [0.5, 0.6) is 5.75 Å². The molecule has 2 N–H and O–H groups in total. The molecule has 0 bridgehead atoms. The Hall–Kier alpha value is -1.02. The van der Waals surface area contributed by atoms with Crippen LogP contribution in [0.25, 0.3) is 0 Å². The van der Waals surface area contributed by atoms with Crippen molar-refractivity contribution in [3.63, 3.8) is 0 Å². The van der Waals surface area contributed by atoms with Crippen LogP contribution >= 0.6 is 24.0 Å². The van der Waals surface area contributed by atoms with E-state index in [2.05, 4.69) is 41.6 Å². The summed E-state index contributed by atoms with van der Waals surface area (Å²) >= 11 is 0. The predicted molar refractivity (Wildman–Crippen MR) is 103 cm³/mol. The van der Waals surface area contributed by atoms with E-state index in [0.29, 0.717) is 6.61 Å². The lowest BCUT2D eigenvalue weighted by atomic mass is 9.84. The molecule has 0 aliphatic carbocycles. The van der Waals surface area contributed by atoms with Gasteiger partial charge in [0.2, 0.25) is 0 Å². The molecule has 22 heavy (non-hydrogen) atoms. The molecule has 0 amide bonds. The largest absolute Gasteiger partial charge is 0.497 e. The van der Waals surface area contributed by atoms with Crippen LogP contribution in [0.1, 0.15) is 19.4 Å². The van der Waals surface area contributed by atoms with Gasteiger partial charge in [-0.3, -0.25) is 4.99 Å². The van der Waals surface area contributed by atoms with Gasteiger partial charge in [-0.25, -0.2) is 0 Å². The van der Waals surface area contributed by atoms with Crippen molar-refractivity contribution in [2.24, 2.45) is 4.99 Å². The minimum atomic E-state index is -0.0343. The maximum atomic E-state index is 5.29. The van der Waals surface area contributed by atoms with Crippen LogP contribution in [0.15, 0.2) is 29.3 Å². The minimum Gasteiger partial charge on any atom is -0.497 e. The summed E-state index contributed by atoms with van der Waals surface area (Å²) in [4.78, 5) is 4.20. The van der Waals surface area contributed by atoms with Gasteiger partial charge >= 0.3 is 0 Å². The third-order valence-electron chi connectivity index (χ3n) is 3.37. The molecule has 0 spiro atoms. The van der Waals surface area contributed by atoms with Crippen molar-refractivity contribution in [3.8, 4) is 5.75 Å². The summed E-state index contributed by atoms with van der Waals surface area (Å²) in [5.74, 6) is 1.66. The van der Waals surface area contributed by atoms with Crippen molar-refractivity contribution in [1.29, 1.82) is 0 Å². The molecule has 0 saturated heterocycles. The monoisotopic (exact) mass is 421 g/mol. The number of guanidine groups is 1. The molecule has 0 aliphatic heterocycles. The fraction of sp³-hybridized carbons (Fsp3) is 0.562. The van der Waals surface area contributed by atoms with Gasteiger partial charge in [0.1, 0.15) is 5.75 Å². The van der Waals surface area contributed by atoms with Crippen LogP contribution in [-0.2, 0) is 10.2 Å². The maximum Gasteiger partial charge on any atom is 0.191 e. The van der Waals surface area contributed by atoms with Crippen LogP contribution in [0, 0.1) is 0 Å². The zero-order valence-corrected chi connectivity index (χ0v) is 16.4. The number of nitrogens with one attached hydrogen (secondary N) is 2. The zero-order chi connectivity index (χ0) is 15.7. The highest BCUT2D eigenvalue weighted by atomic mass is 127. The smallest absolute Gasteiger partial charge is 0.191 e. The van der Waals surface area contributed by atoms with E-state index in [4.69, 9.17) is 9.47 Å². The SMILES string of the molecule is CN=C(NCCOC)NCC(C)(C)c1cccc(OC)c1.I. The van der Waals surface area contributed by atoms with E-state index in [1.807, 2.05) is 12.1 Å². The fourth-order valence-electron chi connectivity index (χ4n) is 1.94. The van der Waals surface area contributed by atoms with E-state index >= 15 is 0 Å². The summed E-state index contributed by atoms with van der Waals surface area (Å²) in [6.45, 7) is 6.54. The Morgan fingerprint density at radius 1 is 1.23 bits per heavy atom. The second kappa shape index (κ2) is 10.7. The first-order valence-corrected chi connectivity index (χ1v) is 7.11. The molecule has 1 rings (SSSR count). The van der Waals surface area contributed by atoms with Gasteiger partial charge in [-0.2, -0.15) is 0 Å². The number of aliphatic imine (C=N–C) groups is 1. The summed E-state index contributed by atoms with van der Waals surface area (Å²) in [5.41, 5.74) is 1.19. The number of benzene rings is 1. The van der Waals surface area contributed by atoms with Crippen molar-refractivity contribution < 1.29 is 9.47 Å². The Labute approximate surface area is 150 Å². The average molecular weight is 421 g/mol. The molecule has 126 valence electrons. The molecule has 0 fully saturated rings. The van der Waals surface area contributed by atoms with Gasteiger partial charge < -0.3 is 20.1 Å². The lowest BCUT2D eigenvalue weighted by molar-refractivity contribution is 0.203. The molecule has 0 atom stereocenters. The van der Waals surface area contributed by atoms with E-state index in [9.17, 15) is 0 Å². The molecule has 0 aromatic heterocycles. The normalized spacial score (nSPS) is 11.6. The number of methoxy groups -OCH3 is 2. The summed E-state index contributed by atoms with van der Waals surface area (Å²) < 4.78 is 10.3. The highest BCUT2D eigenvalue weighted by molar-refractivity contribution is 14.0. The van der Waals surface area contributed by atoms with Crippen molar-refractivity contribution >= 4 is 29.9 Å². The highest BCUT2D eigenvalue weighted by Gasteiger charge is 2.21. The molecule has 0 unspecified atom stereocenters. The first kappa shape index (κ1) is 21.0. The van der Waals surface area contributed by atoms with Crippen molar-refractivity contribution in [3.05, 3.63) is 29.8 Å². The summed E-state index contributed by atoms with van der Waals surface area (Å²) in [6.07, 6.45) is 0. The Morgan fingerprint density at radius 2 is 1.95 bits per heavy atom. The molecule has 5 nitrogen and oxygen atoms in total. The van der Waals surface area contributed by atoms with Gasteiger partial charge in [-0.1, -0.05) is 26.0 Å². The van der Waals surface area contributed by atoms with Crippen molar-refractivity contribution in [1.82, 2.24) is 10.6 Å². The Kier molecular flexibility index (Phi) is 10.2. The van der Waals surface area contributed by atoms with Crippen LogP contribution < -0.4 is 15.4 Å². The van der Waals surface area contributed by atoms with Crippen LogP contribution in [0.4, 0.5) is 0 Å². The molecular formula is C16H28IN3O2. The fourth-order valence-corrected chi connectivity index (χ4v) is 1.94. The molecule has 1 aromatic carbocycles. The number of hydrogen-bond acceptors (Lipinski definition) is 3. The van der Waals surface area contributed by atoms with Gasteiger partial charge in [0.25, 0.3) is 0 Å². The molecule has 0 radical (unpaired) electrons. The van der Waals surface area contributed by atoms with Crippen LogP contribution in [0.2, 0.25) is 0 Å². The second-order valence-corrected chi connectivity index (χ2v) is 5.46. The third-order valence-corrected chi connectivity index (χ3v) is 3.37. The van der Waals surface area contributed by atoms with Crippen LogP contribution in [0.3, 0.4) is 0 Å². The van der Waals surface area contributed by atoms with E-state index in [1.165, 1.54) is 5.56 Å². The lowest BCUT2D eigenvalue weighted by Gasteiger charge is -2.27. The summed E-state index contributed by atoms with van der Waals surface area (Å²) in [5, 5.41) is 6.55. The third kappa shape index (κ3) is 6.83. The Bertz CT molecular complexity index is 464. The highest BCUT2D eigenvalue weighted by Crippen LogP contribution is 2.25. The Morgan fingerprint density at radius 3 is 2.55 bits per heavy atom. The predicted octanol–water partition coefficient (Wildman–Crippen LogP) is 2.40. The van der Waals surface area contributed by atoms with E-state index in [1.54, 1.807) is 21.3 Å². The number of halogens is 1.